The van der Waals surface area contributed by atoms with Crippen molar-refractivity contribution in [1.82, 2.24) is 9.97 Å². The Morgan fingerprint density at radius 2 is 1.95 bits per heavy atom. The molecular weight excluding hydrogens is 322 g/mol. The highest BCUT2D eigenvalue weighted by atomic mass is 35.5. The van der Waals surface area contributed by atoms with Gasteiger partial charge in [-0.25, -0.2) is 18.7 Å². The van der Waals surface area contributed by atoms with Crippen molar-refractivity contribution in [1.29, 1.82) is 0 Å². The summed E-state index contributed by atoms with van der Waals surface area (Å²) in [5.41, 5.74) is 0.452. The van der Waals surface area contributed by atoms with Gasteiger partial charge in [-0.3, -0.25) is 4.79 Å². The van der Waals surface area contributed by atoms with Crippen LogP contribution in [0, 0.1) is 0 Å². The SMILES string of the molecule is O=C(O)CSc1nc(-c2ccc(Cl)cc2)cc(C(F)F)n1. The van der Waals surface area contributed by atoms with Crippen molar-refractivity contribution in [2.24, 2.45) is 0 Å². The Morgan fingerprint density at radius 1 is 1.29 bits per heavy atom. The minimum Gasteiger partial charge on any atom is -0.481 e. The Morgan fingerprint density at radius 3 is 2.52 bits per heavy atom. The second-order valence-electron chi connectivity index (χ2n) is 3.95. The van der Waals surface area contributed by atoms with E-state index in [9.17, 15) is 13.6 Å². The van der Waals surface area contributed by atoms with Crippen LogP contribution in [0.4, 0.5) is 8.78 Å². The molecule has 1 aromatic heterocycles. The highest BCUT2D eigenvalue weighted by Crippen LogP contribution is 2.27. The molecule has 1 aromatic carbocycles. The van der Waals surface area contributed by atoms with E-state index in [2.05, 4.69) is 9.97 Å². The molecule has 21 heavy (non-hydrogen) atoms. The van der Waals surface area contributed by atoms with Gasteiger partial charge in [0.1, 0.15) is 5.69 Å². The molecule has 1 N–H and O–H groups in total. The molecular formula is C13H9ClF2N2O2S. The lowest BCUT2D eigenvalue weighted by Crippen LogP contribution is -2.02. The Kier molecular flexibility index (Phi) is 5.08. The van der Waals surface area contributed by atoms with Gasteiger partial charge < -0.3 is 5.11 Å². The molecule has 0 aliphatic heterocycles. The van der Waals surface area contributed by atoms with Crippen molar-refractivity contribution in [3.63, 3.8) is 0 Å². The number of nitrogens with zero attached hydrogens (tertiary/aromatic N) is 2. The molecule has 0 fully saturated rings. The van der Waals surface area contributed by atoms with Crippen molar-refractivity contribution in [2.75, 3.05) is 5.75 Å². The van der Waals surface area contributed by atoms with Gasteiger partial charge >= 0.3 is 5.97 Å². The predicted octanol–water partition coefficient (Wildman–Crippen LogP) is 3.91. The number of aliphatic carboxylic acids is 1. The molecule has 1 heterocycles. The largest absolute Gasteiger partial charge is 0.481 e. The number of aromatic nitrogens is 2. The fraction of sp³-hybridized carbons (Fsp3) is 0.154. The van der Waals surface area contributed by atoms with Crippen LogP contribution < -0.4 is 0 Å². The second kappa shape index (κ2) is 6.82. The van der Waals surface area contributed by atoms with E-state index in [-0.39, 0.29) is 10.9 Å². The molecule has 0 spiro atoms. The number of rotatable bonds is 5. The van der Waals surface area contributed by atoms with E-state index >= 15 is 0 Å². The maximum absolute atomic E-state index is 12.9. The van der Waals surface area contributed by atoms with Gasteiger partial charge in [0.05, 0.1) is 11.4 Å². The lowest BCUT2D eigenvalue weighted by molar-refractivity contribution is -0.133. The van der Waals surface area contributed by atoms with Crippen LogP contribution in [0.15, 0.2) is 35.5 Å². The summed E-state index contributed by atoms with van der Waals surface area (Å²) in [5, 5.41) is 9.15. The van der Waals surface area contributed by atoms with E-state index in [1.165, 1.54) is 6.07 Å². The van der Waals surface area contributed by atoms with Gasteiger partial charge in [-0.15, -0.1) is 0 Å². The first kappa shape index (κ1) is 15.7. The third kappa shape index (κ3) is 4.37. The number of alkyl halides is 2. The van der Waals surface area contributed by atoms with Gasteiger partial charge in [-0.05, 0) is 18.2 Å². The standard InChI is InChI=1S/C13H9ClF2N2O2S/c14-8-3-1-7(2-4-8)9-5-10(12(15)16)18-13(17-9)21-6-11(19)20/h1-5,12H,6H2,(H,19,20). The summed E-state index contributed by atoms with van der Waals surface area (Å²) in [6, 6.07) is 7.70. The molecule has 0 saturated heterocycles. The second-order valence-corrected chi connectivity index (χ2v) is 5.33. The molecule has 0 aliphatic rings. The Hall–Kier alpha value is -1.73. The first-order valence-corrected chi connectivity index (χ1v) is 7.09. The first-order valence-electron chi connectivity index (χ1n) is 5.73. The summed E-state index contributed by atoms with van der Waals surface area (Å²) >= 11 is 6.57. The van der Waals surface area contributed by atoms with Crippen molar-refractivity contribution in [2.45, 2.75) is 11.6 Å². The molecule has 2 aromatic rings. The van der Waals surface area contributed by atoms with Crippen LogP contribution >= 0.6 is 23.4 Å². The number of thioether (sulfide) groups is 1. The molecule has 0 amide bonds. The Balaban J connectivity index is 2.39. The van der Waals surface area contributed by atoms with Crippen LogP contribution in [-0.4, -0.2) is 26.8 Å². The van der Waals surface area contributed by atoms with Crippen LogP contribution in [0.5, 0.6) is 0 Å². The van der Waals surface area contributed by atoms with E-state index in [0.29, 0.717) is 16.3 Å². The van der Waals surface area contributed by atoms with E-state index < -0.39 is 18.1 Å². The summed E-state index contributed by atoms with van der Waals surface area (Å²) < 4.78 is 25.7. The number of benzene rings is 1. The highest BCUT2D eigenvalue weighted by molar-refractivity contribution is 7.99. The van der Waals surface area contributed by atoms with Gasteiger partial charge in [-0.1, -0.05) is 35.5 Å². The van der Waals surface area contributed by atoms with Crippen molar-refractivity contribution >= 4 is 29.3 Å². The van der Waals surface area contributed by atoms with Crippen LogP contribution in [0.1, 0.15) is 12.1 Å². The summed E-state index contributed by atoms with van der Waals surface area (Å²) in [4.78, 5) is 18.3. The summed E-state index contributed by atoms with van der Waals surface area (Å²) in [5.74, 6) is -1.37. The van der Waals surface area contributed by atoms with E-state index in [1.807, 2.05) is 0 Å². The zero-order chi connectivity index (χ0) is 15.4. The topological polar surface area (TPSA) is 63.1 Å². The molecule has 0 bridgehead atoms. The Labute approximate surface area is 128 Å². The summed E-state index contributed by atoms with van der Waals surface area (Å²) in [6.07, 6.45) is -2.76. The average molecular weight is 331 g/mol. The lowest BCUT2D eigenvalue weighted by Gasteiger charge is -2.07. The smallest absolute Gasteiger partial charge is 0.313 e. The number of hydrogen-bond donors (Lipinski definition) is 1. The highest BCUT2D eigenvalue weighted by Gasteiger charge is 2.15. The van der Waals surface area contributed by atoms with Crippen molar-refractivity contribution < 1.29 is 18.7 Å². The summed E-state index contributed by atoms with van der Waals surface area (Å²) in [7, 11) is 0. The number of hydrogen-bond acceptors (Lipinski definition) is 4. The van der Waals surface area contributed by atoms with Crippen LogP contribution in [0.2, 0.25) is 5.02 Å². The van der Waals surface area contributed by atoms with Gasteiger partial charge in [0.15, 0.2) is 5.16 Å². The average Bonchev–Trinajstić information content (AvgIpc) is 2.45. The van der Waals surface area contributed by atoms with E-state index in [0.717, 1.165) is 11.8 Å². The molecule has 2 rings (SSSR count). The molecule has 4 nitrogen and oxygen atoms in total. The fourth-order valence-corrected chi connectivity index (χ4v) is 2.23. The molecule has 0 atom stereocenters. The molecule has 110 valence electrons. The number of halogens is 3. The van der Waals surface area contributed by atoms with Crippen molar-refractivity contribution in [3.8, 4) is 11.3 Å². The van der Waals surface area contributed by atoms with Gasteiger partial charge in [-0.2, -0.15) is 0 Å². The van der Waals surface area contributed by atoms with Crippen LogP contribution in [0.3, 0.4) is 0 Å². The van der Waals surface area contributed by atoms with Crippen LogP contribution in [0.25, 0.3) is 11.3 Å². The minimum absolute atomic E-state index is 0.000139. The normalized spacial score (nSPS) is 10.9. The first-order chi connectivity index (χ1) is 9.95. The molecule has 8 heteroatoms. The third-order valence-corrected chi connectivity index (χ3v) is 3.50. The Bertz CT molecular complexity index is 653. The monoisotopic (exact) mass is 330 g/mol. The van der Waals surface area contributed by atoms with E-state index in [4.69, 9.17) is 16.7 Å². The van der Waals surface area contributed by atoms with Crippen LogP contribution in [-0.2, 0) is 4.79 Å². The number of carboxylic acid groups (broad SMARTS) is 1. The quantitative estimate of drug-likeness (QED) is 0.665. The molecule has 0 radical (unpaired) electrons. The van der Waals surface area contributed by atoms with E-state index in [1.54, 1.807) is 24.3 Å². The maximum atomic E-state index is 12.9. The van der Waals surface area contributed by atoms with Gasteiger partial charge in [0, 0.05) is 10.6 Å². The van der Waals surface area contributed by atoms with Gasteiger partial charge in [0.2, 0.25) is 0 Å². The van der Waals surface area contributed by atoms with Crippen molar-refractivity contribution in [3.05, 3.63) is 41.0 Å². The molecule has 0 saturated carbocycles. The number of carboxylic acids is 1. The minimum atomic E-state index is -2.76. The predicted molar refractivity (Wildman–Crippen MR) is 75.8 cm³/mol. The fourth-order valence-electron chi connectivity index (χ4n) is 1.51. The molecule has 0 aliphatic carbocycles. The zero-order valence-electron chi connectivity index (χ0n) is 10.5. The lowest BCUT2D eigenvalue weighted by atomic mass is 10.1. The number of carbonyl (C=O) groups is 1. The zero-order valence-corrected chi connectivity index (χ0v) is 12.0. The van der Waals surface area contributed by atoms with Gasteiger partial charge in [0.25, 0.3) is 6.43 Å². The summed E-state index contributed by atoms with van der Waals surface area (Å²) in [6.45, 7) is 0. The third-order valence-electron chi connectivity index (χ3n) is 2.41. The molecule has 0 unspecified atom stereocenters. The maximum Gasteiger partial charge on any atom is 0.313 e.